The number of para-hydroxylation sites is 2. The fourth-order valence-corrected chi connectivity index (χ4v) is 0.768. The van der Waals surface area contributed by atoms with Gasteiger partial charge in [0.1, 0.15) is 0 Å². The van der Waals surface area contributed by atoms with Crippen molar-refractivity contribution in [3.63, 3.8) is 0 Å². The molecular formula is C12H10O2Ti. The first kappa shape index (κ1) is 13.8. The zero-order valence-corrected chi connectivity index (χ0v) is 9.57. The Bertz CT molecular complexity index is 311. The monoisotopic (exact) mass is 234 g/mol. The minimum atomic E-state index is 0. The third-order valence-corrected chi connectivity index (χ3v) is 1.39. The molecule has 15 heavy (non-hydrogen) atoms. The van der Waals surface area contributed by atoms with Crippen molar-refractivity contribution in [1.29, 1.82) is 0 Å². The van der Waals surface area contributed by atoms with Gasteiger partial charge in [-0.05, 0) is 0 Å². The van der Waals surface area contributed by atoms with E-state index in [1.165, 1.54) is 0 Å². The largest absolute Gasteiger partial charge is 2.00 e. The Morgan fingerprint density at radius 1 is 0.733 bits per heavy atom. The van der Waals surface area contributed by atoms with Crippen LogP contribution in [0.2, 0.25) is 0 Å². The van der Waals surface area contributed by atoms with Crippen LogP contribution >= 0.6 is 0 Å². The first-order valence-corrected chi connectivity index (χ1v) is 4.10. The Labute approximate surface area is 104 Å². The van der Waals surface area contributed by atoms with Gasteiger partial charge in [0.15, 0.2) is 0 Å². The summed E-state index contributed by atoms with van der Waals surface area (Å²) in [5.41, 5.74) is 0. The van der Waals surface area contributed by atoms with Crippen LogP contribution in [-0.4, -0.2) is 10.2 Å². The van der Waals surface area contributed by atoms with E-state index in [0.717, 1.165) is 0 Å². The van der Waals surface area contributed by atoms with Crippen LogP contribution in [0.1, 0.15) is 0 Å². The van der Waals surface area contributed by atoms with Crippen molar-refractivity contribution in [3.8, 4) is 11.5 Å². The van der Waals surface area contributed by atoms with Gasteiger partial charge in [0.2, 0.25) is 0 Å². The number of rotatable bonds is 0. The summed E-state index contributed by atoms with van der Waals surface area (Å²) in [4.78, 5) is 0. The van der Waals surface area contributed by atoms with Crippen LogP contribution < -0.4 is 0 Å². The van der Waals surface area contributed by atoms with Gasteiger partial charge in [-0.1, -0.05) is 0 Å². The molecule has 74 valence electrons. The molecule has 2 rings (SSSR count). The second-order valence-corrected chi connectivity index (χ2v) is 2.50. The quantitative estimate of drug-likeness (QED) is 0.542. The Kier molecular flexibility index (Phi) is 7.42. The fraction of sp³-hybridized carbons (Fsp3) is 0. The molecule has 2 aromatic carbocycles. The van der Waals surface area contributed by atoms with Crippen molar-refractivity contribution in [2.75, 3.05) is 0 Å². The van der Waals surface area contributed by atoms with Gasteiger partial charge < -0.3 is 10.2 Å². The molecule has 0 aliphatic rings. The van der Waals surface area contributed by atoms with Gasteiger partial charge in [-0.25, -0.2) is 0 Å². The molecule has 0 aliphatic heterocycles. The van der Waals surface area contributed by atoms with E-state index in [4.69, 9.17) is 10.2 Å². The van der Waals surface area contributed by atoms with Gasteiger partial charge in [-0.15, -0.1) is 24.3 Å². The smallest absolute Gasteiger partial charge is 0.534 e. The second kappa shape index (κ2) is 8.09. The molecule has 0 spiro atoms. The molecule has 2 N–H and O–H groups in total. The summed E-state index contributed by atoms with van der Waals surface area (Å²) in [5.74, 6) is 0.394. The predicted octanol–water partition coefficient (Wildman–Crippen LogP) is 2.38. The van der Waals surface area contributed by atoms with Gasteiger partial charge in [0.05, 0.1) is 0 Å². The van der Waals surface area contributed by atoms with Crippen LogP contribution in [0.4, 0.5) is 0 Å². The van der Waals surface area contributed by atoms with Crippen molar-refractivity contribution in [1.82, 2.24) is 0 Å². The molecule has 0 heterocycles. The average Bonchev–Trinajstić information content (AvgIpc) is 2.21. The standard InChI is InChI=1S/2C6H5O.Ti/c2*7-6-4-2-1-3-5-6;/h2*1-4,7H;/q2*-1;+2. The normalized spacial score (nSPS) is 8.00. The van der Waals surface area contributed by atoms with E-state index in [2.05, 4.69) is 12.1 Å². The summed E-state index contributed by atoms with van der Waals surface area (Å²) >= 11 is 0. The predicted molar refractivity (Wildman–Crippen MR) is 53.9 cm³/mol. The van der Waals surface area contributed by atoms with Crippen LogP contribution in [0.3, 0.4) is 0 Å². The Balaban J connectivity index is 0.000000245. The van der Waals surface area contributed by atoms with E-state index in [-0.39, 0.29) is 33.2 Å². The molecule has 0 unspecified atom stereocenters. The summed E-state index contributed by atoms with van der Waals surface area (Å²) in [6.45, 7) is 0. The van der Waals surface area contributed by atoms with E-state index in [0.29, 0.717) is 0 Å². The molecule has 0 saturated heterocycles. The molecule has 0 saturated carbocycles. The molecule has 0 fully saturated rings. The van der Waals surface area contributed by atoms with Crippen LogP contribution in [0, 0.1) is 12.1 Å². The number of phenols is 2. The Hall–Kier alpha value is -1.25. The number of hydrogen-bond acceptors (Lipinski definition) is 2. The third kappa shape index (κ3) is 6.78. The number of hydrogen-bond donors (Lipinski definition) is 2. The molecule has 2 nitrogen and oxygen atoms in total. The second-order valence-electron chi connectivity index (χ2n) is 2.50. The molecular weight excluding hydrogens is 224 g/mol. The van der Waals surface area contributed by atoms with E-state index in [9.17, 15) is 0 Å². The van der Waals surface area contributed by atoms with E-state index in [1.807, 2.05) is 0 Å². The number of phenolic OH excluding ortho intramolecular Hbond substituents is 2. The van der Waals surface area contributed by atoms with Crippen LogP contribution in [0.5, 0.6) is 11.5 Å². The molecule has 0 amide bonds. The van der Waals surface area contributed by atoms with E-state index in [1.54, 1.807) is 48.5 Å². The number of aromatic hydroxyl groups is 2. The third-order valence-electron chi connectivity index (χ3n) is 1.39. The molecule has 0 radical (unpaired) electrons. The Morgan fingerprint density at radius 2 is 1.13 bits per heavy atom. The first-order valence-electron chi connectivity index (χ1n) is 4.10. The van der Waals surface area contributed by atoms with Crippen molar-refractivity contribution >= 4 is 0 Å². The van der Waals surface area contributed by atoms with Crippen molar-refractivity contribution in [2.24, 2.45) is 0 Å². The summed E-state index contributed by atoms with van der Waals surface area (Å²) < 4.78 is 0. The average molecular weight is 234 g/mol. The van der Waals surface area contributed by atoms with Gasteiger partial charge in [-0.2, -0.15) is 36.4 Å². The molecule has 0 atom stereocenters. The van der Waals surface area contributed by atoms with Crippen molar-refractivity contribution < 1.29 is 31.9 Å². The molecule has 0 aliphatic carbocycles. The maximum Gasteiger partial charge on any atom is 2.00 e. The van der Waals surface area contributed by atoms with Gasteiger partial charge in [0, 0.05) is 11.5 Å². The summed E-state index contributed by atoms with van der Waals surface area (Å²) in [6, 6.07) is 18.8. The van der Waals surface area contributed by atoms with Crippen LogP contribution in [-0.2, 0) is 21.7 Å². The van der Waals surface area contributed by atoms with E-state index < -0.39 is 0 Å². The zero-order chi connectivity index (χ0) is 10.2. The first-order chi connectivity index (χ1) is 6.79. The zero-order valence-electron chi connectivity index (χ0n) is 8.01. The topological polar surface area (TPSA) is 40.5 Å². The van der Waals surface area contributed by atoms with Crippen molar-refractivity contribution in [3.05, 3.63) is 60.7 Å². The minimum absolute atomic E-state index is 0. The maximum absolute atomic E-state index is 8.58. The number of benzene rings is 2. The van der Waals surface area contributed by atoms with Gasteiger partial charge in [0.25, 0.3) is 0 Å². The van der Waals surface area contributed by atoms with Gasteiger partial charge >= 0.3 is 21.7 Å². The van der Waals surface area contributed by atoms with E-state index >= 15 is 0 Å². The summed E-state index contributed by atoms with van der Waals surface area (Å²) in [7, 11) is 0. The molecule has 3 heteroatoms. The van der Waals surface area contributed by atoms with Crippen molar-refractivity contribution in [2.45, 2.75) is 0 Å². The van der Waals surface area contributed by atoms with Crippen LogP contribution in [0.25, 0.3) is 0 Å². The maximum atomic E-state index is 8.58. The SMILES string of the molecule is Oc1[c-]cccc1.Oc1[c-]cccc1.[Ti+2]. The molecule has 2 aromatic rings. The summed E-state index contributed by atoms with van der Waals surface area (Å²) in [6.07, 6.45) is 0. The van der Waals surface area contributed by atoms with Gasteiger partial charge in [-0.3, -0.25) is 0 Å². The molecule has 0 aromatic heterocycles. The fourth-order valence-electron chi connectivity index (χ4n) is 0.768. The van der Waals surface area contributed by atoms with Crippen LogP contribution in [0.15, 0.2) is 48.5 Å². The Morgan fingerprint density at radius 3 is 1.27 bits per heavy atom. The summed E-state index contributed by atoms with van der Waals surface area (Å²) in [5, 5.41) is 17.2. The minimum Gasteiger partial charge on any atom is -0.534 e. The molecule has 0 bridgehead atoms.